The molecule has 7 nitrogen and oxygen atoms in total. The highest BCUT2D eigenvalue weighted by Crippen LogP contribution is 2.43. The molecule has 0 radical (unpaired) electrons. The summed E-state index contributed by atoms with van der Waals surface area (Å²) in [7, 11) is 0. The van der Waals surface area contributed by atoms with Crippen molar-refractivity contribution in [3.05, 3.63) is 88.5 Å². The second kappa shape index (κ2) is 8.11. The van der Waals surface area contributed by atoms with Crippen LogP contribution in [0.15, 0.2) is 67.0 Å². The Labute approximate surface area is 185 Å². The van der Waals surface area contributed by atoms with Gasteiger partial charge in [0.05, 0.1) is 22.7 Å². The fourth-order valence-electron chi connectivity index (χ4n) is 4.86. The number of aromatic nitrogens is 2. The van der Waals surface area contributed by atoms with Crippen molar-refractivity contribution in [2.75, 3.05) is 0 Å². The Kier molecular flexibility index (Phi) is 5.15. The molecule has 3 aromatic rings. The number of thiocarbonyl (C=S) groups is 1. The van der Waals surface area contributed by atoms with Gasteiger partial charge in [-0.2, -0.15) is 0 Å². The zero-order valence-corrected chi connectivity index (χ0v) is 17.7. The smallest absolute Gasteiger partial charge is 0.269 e. The fourth-order valence-corrected chi connectivity index (χ4v) is 5.25. The summed E-state index contributed by atoms with van der Waals surface area (Å²) in [6.45, 7) is 0. The number of benzene rings is 1. The van der Waals surface area contributed by atoms with Gasteiger partial charge in [-0.25, -0.2) is 0 Å². The van der Waals surface area contributed by atoms with E-state index < -0.39 is 0 Å². The summed E-state index contributed by atoms with van der Waals surface area (Å²) in [5.74, 6) is 0. The highest BCUT2D eigenvalue weighted by Gasteiger charge is 2.44. The predicted octanol–water partition coefficient (Wildman–Crippen LogP) is 4.70. The Bertz CT molecular complexity index is 1090. The molecule has 1 saturated heterocycles. The number of nitrogens with one attached hydrogen (secondary N) is 1. The fraction of sp³-hybridized carbons (Fsp3) is 0.304. The second-order valence-electron chi connectivity index (χ2n) is 8.05. The van der Waals surface area contributed by atoms with Crippen LogP contribution in [0.2, 0.25) is 0 Å². The number of pyridine rings is 1. The standard InChI is InChI=1S/C23H23N5O2S/c29-28(30)18-12-10-16(11-13-18)26-15-5-9-20(26)22-21(19-8-3-4-14-24-19)25-23(31)27(22)17-6-1-2-7-17/h3-5,8-15,17,21-22H,1-2,6-7H2,(H,25,31). The van der Waals surface area contributed by atoms with Gasteiger partial charge in [0.1, 0.15) is 0 Å². The lowest BCUT2D eigenvalue weighted by molar-refractivity contribution is -0.384. The molecule has 1 saturated carbocycles. The van der Waals surface area contributed by atoms with Crippen LogP contribution in [0.4, 0.5) is 5.69 Å². The predicted molar refractivity (Wildman–Crippen MR) is 122 cm³/mol. The molecule has 8 heteroatoms. The number of rotatable bonds is 5. The monoisotopic (exact) mass is 433 g/mol. The number of nitrogens with zero attached hydrogens (tertiary/aromatic N) is 4. The van der Waals surface area contributed by atoms with Gasteiger partial charge in [-0.15, -0.1) is 0 Å². The third kappa shape index (κ3) is 3.57. The van der Waals surface area contributed by atoms with Crippen molar-refractivity contribution < 1.29 is 4.92 Å². The molecule has 1 aliphatic carbocycles. The van der Waals surface area contributed by atoms with E-state index in [-0.39, 0.29) is 22.7 Å². The second-order valence-corrected chi connectivity index (χ2v) is 8.44. The maximum absolute atomic E-state index is 11.1. The summed E-state index contributed by atoms with van der Waals surface area (Å²) in [6, 6.07) is 17.1. The first kappa shape index (κ1) is 19.7. The molecule has 5 rings (SSSR count). The van der Waals surface area contributed by atoms with Crippen LogP contribution in [-0.2, 0) is 0 Å². The van der Waals surface area contributed by atoms with Gasteiger partial charge >= 0.3 is 0 Å². The van der Waals surface area contributed by atoms with Crippen LogP contribution in [0.1, 0.15) is 49.2 Å². The van der Waals surface area contributed by atoms with Gasteiger partial charge in [0.25, 0.3) is 5.69 Å². The summed E-state index contributed by atoms with van der Waals surface area (Å²) < 4.78 is 2.10. The van der Waals surface area contributed by atoms with Gasteiger partial charge in [0.2, 0.25) is 0 Å². The van der Waals surface area contributed by atoms with Crippen molar-refractivity contribution in [1.82, 2.24) is 19.8 Å². The zero-order chi connectivity index (χ0) is 21.4. The normalized spacial score (nSPS) is 21.4. The SMILES string of the molecule is O=[N+]([O-])c1ccc(-n2cccc2C2C(c3ccccn3)NC(=S)N2C2CCCC2)cc1. The highest BCUT2D eigenvalue weighted by atomic mass is 32.1. The van der Waals surface area contributed by atoms with E-state index in [0.29, 0.717) is 6.04 Å². The molecule has 158 valence electrons. The minimum absolute atomic E-state index is 0.0179. The third-order valence-electron chi connectivity index (χ3n) is 6.28. The average Bonchev–Trinajstić information content (AvgIpc) is 3.54. The minimum Gasteiger partial charge on any atom is -0.352 e. The molecule has 1 aliphatic heterocycles. The molecule has 2 fully saturated rings. The highest BCUT2D eigenvalue weighted by molar-refractivity contribution is 7.80. The number of nitro benzene ring substituents is 1. The van der Waals surface area contributed by atoms with Crippen LogP contribution in [-0.4, -0.2) is 30.5 Å². The molecule has 2 atom stereocenters. The van der Waals surface area contributed by atoms with E-state index in [2.05, 4.69) is 25.8 Å². The van der Waals surface area contributed by atoms with Gasteiger partial charge in [-0.3, -0.25) is 15.1 Å². The zero-order valence-electron chi connectivity index (χ0n) is 16.9. The largest absolute Gasteiger partial charge is 0.352 e. The lowest BCUT2D eigenvalue weighted by Crippen LogP contribution is -2.38. The van der Waals surface area contributed by atoms with E-state index in [0.717, 1.165) is 35.0 Å². The van der Waals surface area contributed by atoms with Crippen LogP contribution in [0.25, 0.3) is 5.69 Å². The molecule has 1 aromatic carbocycles. The molecule has 2 unspecified atom stereocenters. The van der Waals surface area contributed by atoms with E-state index in [1.54, 1.807) is 24.3 Å². The van der Waals surface area contributed by atoms with Crippen molar-refractivity contribution >= 4 is 23.0 Å². The molecule has 2 aliphatic rings. The molecule has 3 heterocycles. The van der Waals surface area contributed by atoms with Crippen molar-refractivity contribution in [1.29, 1.82) is 0 Å². The van der Waals surface area contributed by atoms with Crippen LogP contribution < -0.4 is 5.32 Å². The van der Waals surface area contributed by atoms with Crippen LogP contribution in [0.5, 0.6) is 0 Å². The van der Waals surface area contributed by atoms with E-state index in [4.69, 9.17) is 12.2 Å². The summed E-state index contributed by atoms with van der Waals surface area (Å²) in [6.07, 6.45) is 8.50. The van der Waals surface area contributed by atoms with Crippen molar-refractivity contribution in [3.63, 3.8) is 0 Å². The van der Waals surface area contributed by atoms with E-state index in [9.17, 15) is 10.1 Å². The first-order valence-electron chi connectivity index (χ1n) is 10.6. The Hall–Kier alpha value is -3.26. The molecule has 0 amide bonds. The van der Waals surface area contributed by atoms with E-state index in [1.807, 2.05) is 36.7 Å². The average molecular weight is 434 g/mol. The van der Waals surface area contributed by atoms with E-state index >= 15 is 0 Å². The van der Waals surface area contributed by atoms with Crippen LogP contribution >= 0.6 is 12.2 Å². The van der Waals surface area contributed by atoms with Gasteiger partial charge in [0.15, 0.2) is 5.11 Å². The number of hydrogen-bond donors (Lipinski definition) is 1. The molecule has 1 N–H and O–H groups in total. The van der Waals surface area contributed by atoms with Gasteiger partial charge in [-0.1, -0.05) is 18.9 Å². The lowest BCUT2D eigenvalue weighted by atomic mass is 9.99. The molecule has 0 bridgehead atoms. The van der Waals surface area contributed by atoms with Gasteiger partial charge in [-0.05, 0) is 61.5 Å². The Morgan fingerprint density at radius 3 is 2.52 bits per heavy atom. The van der Waals surface area contributed by atoms with Crippen molar-refractivity contribution in [3.8, 4) is 5.69 Å². The van der Waals surface area contributed by atoms with Gasteiger partial charge < -0.3 is 14.8 Å². The topological polar surface area (TPSA) is 76.2 Å². The Morgan fingerprint density at radius 1 is 1.06 bits per heavy atom. The Balaban J connectivity index is 1.59. The van der Waals surface area contributed by atoms with Crippen LogP contribution in [0, 0.1) is 10.1 Å². The summed E-state index contributed by atoms with van der Waals surface area (Å²) in [5.41, 5.74) is 3.00. The number of hydrogen-bond acceptors (Lipinski definition) is 4. The molecular formula is C23H23N5O2S. The van der Waals surface area contributed by atoms with Crippen molar-refractivity contribution in [2.24, 2.45) is 0 Å². The van der Waals surface area contributed by atoms with Gasteiger partial charge in [0, 0.05) is 41.9 Å². The minimum atomic E-state index is -0.376. The first-order valence-corrected chi connectivity index (χ1v) is 11.0. The molecule has 31 heavy (non-hydrogen) atoms. The molecule has 2 aromatic heterocycles. The molecular weight excluding hydrogens is 410 g/mol. The third-order valence-corrected chi connectivity index (χ3v) is 6.60. The van der Waals surface area contributed by atoms with Crippen LogP contribution in [0.3, 0.4) is 0 Å². The maximum atomic E-state index is 11.1. The number of nitro groups is 1. The Morgan fingerprint density at radius 2 is 1.84 bits per heavy atom. The summed E-state index contributed by atoms with van der Waals surface area (Å²) in [5, 5.41) is 15.4. The molecule has 0 spiro atoms. The first-order chi connectivity index (χ1) is 15.1. The summed E-state index contributed by atoms with van der Waals surface area (Å²) in [4.78, 5) is 17.7. The van der Waals surface area contributed by atoms with E-state index in [1.165, 1.54) is 12.8 Å². The quantitative estimate of drug-likeness (QED) is 0.357. The summed E-state index contributed by atoms with van der Waals surface area (Å²) >= 11 is 5.81. The lowest BCUT2D eigenvalue weighted by Gasteiger charge is -2.33. The van der Waals surface area contributed by atoms with Crippen molar-refractivity contribution in [2.45, 2.75) is 43.8 Å². The maximum Gasteiger partial charge on any atom is 0.269 e. The number of non-ortho nitro benzene ring substituents is 1.